The third kappa shape index (κ3) is 7.77. The van der Waals surface area contributed by atoms with Gasteiger partial charge in [0.05, 0.1) is 17.6 Å². The number of carbonyl (C=O) groups excluding carboxylic acids is 2. The molecule has 5 rings (SSSR count). The van der Waals surface area contributed by atoms with Crippen molar-refractivity contribution in [1.82, 2.24) is 19.6 Å². The highest BCUT2D eigenvalue weighted by molar-refractivity contribution is 6.00. The van der Waals surface area contributed by atoms with Gasteiger partial charge in [-0.2, -0.15) is 5.10 Å². The van der Waals surface area contributed by atoms with Crippen LogP contribution >= 0.6 is 0 Å². The van der Waals surface area contributed by atoms with E-state index in [2.05, 4.69) is 47.5 Å². The Bertz CT molecular complexity index is 1680. The molecule has 1 fully saturated rings. The first-order chi connectivity index (χ1) is 21.5. The van der Waals surface area contributed by atoms with Gasteiger partial charge in [-0.05, 0) is 60.9 Å². The van der Waals surface area contributed by atoms with E-state index in [0.29, 0.717) is 24.5 Å². The normalized spacial score (nSPS) is 14.1. The molecule has 0 bridgehead atoms. The lowest BCUT2D eigenvalue weighted by Crippen LogP contribution is -2.48. The molecule has 0 spiro atoms. The fourth-order valence-corrected chi connectivity index (χ4v) is 5.28. The molecular weight excluding hydrogens is 566 g/mol. The van der Waals surface area contributed by atoms with Gasteiger partial charge in [-0.25, -0.2) is 9.48 Å². The first-order valence-corrected chi connectivity index (χ1v) is 15.1. The SMILES string of the molecule is Cc1ccc(-n2nc(C(C)(C)C)cc2NC(=O)Nc2ccc(CN3CCN(C(=O)c4ccc(C=NO)cc4)CC3)cc2C)cc1. The summed E-state index contributed by atoms with van der Waals surface area (Å²) in [6, 6.07) is 22.7. The minimum atomic E-state index is -0.337. The Balaban J connectivity index is 1.18. The van der Waals surface area contributed by atoms with E-state index >= 15 is 0 Å². The predicted molar refractivity (Wildman–Crippen MR) is 178 cm³/mol. The van der Waals surface area contributed by atoms with Gasteiger partial charge in [0.1, 0.15) is 5.82 Å². The number of benzene rings is 3. The second-order valence-corrected chi connectivity index (χ2v) is 12.6. The number of hydrogen-bond acceptors (Lipinski definition) is 6. The maximum Gasteiger partial charge on any atom is 0.324 e. The summed E-state index contributed by atoms with van der Waals surface area (Å²) < 4.78 is 1.77. The van der Waals surface area contributed by atoms with Crippen LogP contribution in [0.5, 0.6) is 0 Å². The zero-order valence-corrected chi connectivity index (χ0v) is 26.5. The number of aryl methyl sites for hydroxylation is 2. The second-order valence-electron chi connectivity index (χ2n) is 12.6. The topological polar surface area (TPSA) is 115 Å². The summed E-state index contributed by atoms with van der Waals surface area (Å²) in [6.07, 6.45) is 1.33. The number of amides is 3. The lowest BCUT2D eigenvalue weighted by Gasteiger charge is -2.35. The molecule has 1 aliphatic rings. The second kappa shape index (κ2) is 13.4. The molecular formula is C35H41N7O3. The van der Waals surface area contributed by atoms with E-state index in [1.165, 1.54) is 6.21 Å². The highest BCUT2D eigenvalue weighted by atomic mass is 16.4. The summed E-state index contributed by atoms with van der Waals surface area (Å²) >= 11 is 0. The van der Waals surface area contributed by atoms with Crippen LogP contribution in [0.25, 0.3) is 5.69 Å². The Kier molecular flexibility index (Phi) is 9.34. The molecule has 0 atom stereocenters. The lowest BCUT2D eigenvalue weighted by atomic mass is 9.92. The molecule has 10 nitrogen and oxygen atoms in total. The molecule has 1 aliphatic heterocycles. The van der Waals surface area contributed by atoms with Gasteiger partial charge in [0, 0.05) is 55.5 Å². The van der Waals surface area contributed by atoms with E-state index in [1.54, 1.807) is 28.9 Å². The Morgan fingerprint density at radius 3 is 2.22 bits per heavy atom. The standard InChI is InChI=1S/C35H41N7O3/c1-24-6-13-29(14-7-24)42-32(21-31(39-42)35(3,4)5)38-34(44)37-30-15-10-27(20-25(30)2)23-40-16-18-41(19-17-40)33(43)28-11-8-26(9-12-28)22-36-45/h6-15,20-22,45H,16-19,23H2,1-5H3,(H2,37,38,44). The molecule has 45 heavy (non-hydrogen) atoms. The van der Waals surface area contributed by atoms with Crippen molar-refractivity contribution in [3.05, 3.63) is 106 Å². The minimum absolute atomic E-state index is 0.00299. The Morgan fingerprint density at radius 2 is 1.60 bits per heavy atom. The Hall–Kier alpha value is -4.96. The van der Waals surface area contributed by atoms with Gasteiger partial charge < -0.3 is 15.4 Å². The Labute approximate surface area is 264 Å². The Morgan fingerprint density at radius 1 is 0.911 bits per heavy atom. The number of nitrogens with one attached hydrogen (secondary N) is 2. The van der Waals surface area contributed by atoms with Crippen molar-refractivity contribution in [1.29, 1.82) is 0 Å². The van der Waals surface area contributed by atoms with Crippen molar-refractivity contribution >= 4 is 29.7 Å². The van der Waals surface area contributed by atoms with Crippen molar-refractivity contribution in [2.24, 2.45) is 5.16 Å². The molecule has 1 aromatic heterocycles. The maximum absolute atomic E-state index is 13.1. The first-order valence-electron chi connectivity index (χ1n) is 15.1. The van der Waals surface area contributed by atoms with Crippen molar-refractivity contribution in [3.63, 3.8) is 0 Å². The molecule has 3 aromatic carbocycles. The van der Waals surface area contributed by atoms with Crippen LogP contribution < -0.4 is 10.6 Å². The zero-order valence-electron chi connectivity index (χ0n) is 26.5. The molecule has 3 N–H and O–H groups in total. The fourth-order valence-electron chi connectivity index (χ4n) is 5.28. The van der Waals surface area contributed by atoms with Gasteiger partial charge in [0.25, 0.3) is 5.91 Å². The van der Waals surface area contributed by atoms with Crippen molar-refractivity contribution in [2.45, 2.75) is 46.6 Å². The highest BCUT2D eigenvalue weighted by Crippen LogP contribution is 2.27. The summed E-state index contributed by atoms with van der Waals surface area (Å²) in [5.41, 5.74) is 6.93. The van der Waals surface area contributed by atoms with Crippen LogP contribution in [0.4, 0.5) is 16.3 Å². The quantitative estimate of drug-likeness (QED) is 0.132. The van der Waals surface area contributed by atoms with Gasteiger partial charge in [-0.1, -0.05) is 67.9 Å². The van der Waals surface area contributed by atoms with Gasteiger partial charge in [-0.15, -0.1) is 0 Å². The van der Waals surface area contributed by atoms with E-state index in [-0.39, 0.29) is 17.4 Å². The molecule has 10 heteroatoms. The monoisotopic (exact) mass is 607 g/mol. The molecule has 2 heterocycles. The number of rotatable bonds is 7. The number of hydrogen-bond donors (Lipinski definition) is 3. The van der Waals surface area contributed by atoms with Crippen LogP contribution in [0, 0.1) is 13.8 Å². The van der Waals surface area contributed by atoms with E-state index in [9.17, 15) is 9.59 Å². The third-order valence-electron chi connectivity index (χ3n) is 7.97. The number of urea groups is 1. The summed E-state index contributed by atoms with van der Waals surface area (Å²) in [5, 5.41) is 22.5. The number of piperazine rings is 1. The highest BCUT2D eigenvalue weighted by Gasteiger charge is 2.23. The number of aromatic nitrogens is 2. The van der Waals surface area contributed by atoms with Crippen LogP contribution in [-0.4, -0.2) is 69.1 Å². The molecule has 3 amide bonds. The molecule has 4 aromatic rings. The van der Waals surface area contributed by atoms with Crippen molar-refractivity contribution in [2.75, 3.05) is 36.8 Å². The van der Waals surface area contributed by atoms with Crippen LogP contribution in [-0.2, 0) is 12.0 Å². The molecule has 0 aliphatic carbocycles. The van der Waals surface area contributed by atoms with Crippen LogP contribution in [0.1, 0.15) is 59.1 Å². The van der Waals surface area contributed by atoms with E-state index in [0.717, 1.165) is 59.0 Å². The number of oxime groups is 1. The average Bonchev–Trinajstić information content (AvgIpc) is 3.44. The summed E-state index contributed by atoms with van der Waals surface area (Å²) in [5.74, 6) is 0.601. The number of carbonyl (C=O) groups is 2. The van der Waals surface area contributed by atoms with Crippen LogP contribution in [0.2, 0.25) is 0 Å². The predicted octanol–water partition coefficient (Wildman–Crippen LogP) is 6.20. The van der Waals surface area contributed by atoms with Gasteiger partial charge in [0.15, 0.2) is 0 Å². The number of nitrogens with zero attached hydrogens (tertiary/aromatic N) is 5. The fraction of sp³-hybridized carbons (Fsp3) is 0.314. The molecule has 1 saturated heterocycles. The van der Waals surface area contributed by atoms with Crippen molar-refractivity contribution in [3.8, 4) is 5.69 Å². The lowest BCUT2D eigenvalue weighted by molar-refractivity contribution is 0.0628. The first kappa shape index (κ1) is 31.5. The van der Waals surface area contributed by atoms with E-state index < -0.39 is 0 Å². The van der Waals surface area contributed by atoms with Gasteiger partial charge >= 0.3 is 6.03 Å². The molecule has 234 valence electrons. The van der Waals surface area contributed by atoms with E-state index in [4.69, 9.17) is 10.3 Å². The minimum Gasteiger partial charge on any atom is -0.411 e. The van der Waals surface area contributed by atoms with Gasteiger partial charge in [0.2, 0.25) is 0 Å². The molecule has 0 radical (unpaired) electrons. The molecule has 0 saturated carbocycles. The summed E-state index contributed by atoms with van der Waals surface area (Å²) in [6.45, 7) is 13.9. The van der Waals surface area contributed by atoms with Gasteiger partial charge in [-0.3, -0.25) is 15.0 Å². The third-order valence-corrected chi connectivity index (χ3v) is 7.97. The molecule has 0 unspecified atom stereocenters. The van der Waals surface area contributed by atoms with E-state index in [1.807, 2.05) is 61.2 Å². The summed E-state index contributed by atoms with van der Waals surface area (Å²) in [7, 11) is 0. The van der Waals surface area contributed by atoms with Crippen molar-refractivity contribution < 1.29 is 14.8 Å². The van der Waals surface area contributed by atoms with Crippen LogP contribution in [0.3, 0.4) is 0 Å². The number of anilines is 2. The van der Waals surface area contributed by atoms with Crippen LogP contribution in [0.15, 0.2) is 78.0 Å². The largest absolute Gasteiger partial charge is 0.411 e. The smallest absolute Gasteiger partial charge is 0.324 e. The summed E-state index contributed by atoms with van der Waals surface area (Å²) in [4.78, 5) is 30.3. The zero-order chi connectivity index (χ0) is 32.1. The average molecular weight is 608 g/mol. The maximum atomic E-state index is 13.1.